The SMILES string of the molecule is COC(=O)c1ccc(NC(=O)C(=O)NC2=NCCS2)cc1. The van der Waals surface area contributed by atoms with Crippen molar-refractivity contribution in [3.63, 3.8) is 0 Å². The van der Waals surface area contributed by atoms with E-state index in [1.165, 1.54) is 43.1 Å². The molecule has 1 aromatic rings. The van der Waals surface area contributed by atoms with Gasteiger partial charge in [0.25, 0.3) is 0 Å². The molecule has 8 heteroatoms. The highest BCUT2D eigenvalue weighted by Crippen LogP contribution is 2.11. The van der Waals surface area contributed by atoms with Gasteiger partial charge in [0.1, 0.15) is 0 Å². The van der Waals surface area contributed by atoms with Gasteiger partial charge in [-0.1, -0.05) is 11.8 Å². The Morgan fingerprint density at radius 1 is 1.14 bits per heavy atom. The van der Waals surface area contributed by atoms with E-state index in [1.807, 2.05) is 0 Å². The van der Waals surface area contributed by atoms with Gasteiger partial charge in [-0.3, -0.25) is 19.9 Å². The van der Waals surface area contributed by atoms with Gasteiger partial charge in [-0.15, -0.1) is 0 Å². The summed E-state index contributed by atoms with van der Waals surface area (Å²) < 4.78 is 4.56. The molecular formula is C13H13N3O4S. The predicted molar refractivity (Wildman–Crippen MR) is 79.3 cm³/mol. The largest absolute Gasteiger partial charge is 0.465 e. The number of ether oxygens (including phenoxy) is 1. The van der Waals surface area contributed by atoms with Gasteiger partial charge in [0, 0.05) is 11.4 Å². The summed E-state index contributed by atoms with van der Waals surface area (Å²) in [5.74, 6) is -1.25. The number of rotatable bonds is 2. The van der Waals surface area contributed by atoms with Gasteiger partial charge in [0.05, 0.1) is 19.2 Å². The standard InChI is InChI=1S/C13H13N3O4S/c1-20-12(19)8-2-4-9(5-3-8)15-10(17)11(18)16-13-14-6-7-21-13/h2-5H,6-7H2,1H3,(H,15,17)(H,14,16,18). The van der Waals surface area contributed by atoms with Gasteiger partial charge >= 0.3 is 17.8 Å². The van der Waals surface area contributed by atoms with E-state index in [0.29, 0.717) is 23.0 Å². The van der Waals surface area contributed by atoms with Crippen molar-refractivity contribution in [2.45, 2.75) is 0 Å². The highest BCUT2D eigenvalue weighted by Gasteiger charge is 2.18. The zero-order valence-electron chi connectivity index (χ0n) is 11.2. The number of anilines is 1. The van der Waals surface area contributed by atoms with Crippen LogP contribution in [-0.2, 0) is 14.3 Å². The molecule has 0 aliphatic carbocycles. The van der Waals surface area contributed by atoms with Crippen LogP contribution in [0.15, 0.2) is 29.3 Å². The first kappa shape index (κ1) is 15.0. The Balaban J connectivity index is 1.92. The molecule has 2 rings (SSSR count). The topological polar surface area (TPSA) is 96.9 Å². The van der Waals surface area contributed by atoms with E-state index >= 15 is 0 Å². The third kappa shape index (κ3) is 4.06. The van der Waals surface area contributed by atoms with Gasteiger partial charge in [-0.2, -0.15) is 0 Å². The number of hydrogen-bond acceptors (Lipinski definition) is 6. The van der Waals surface area contributed by atoms with Crippen LogP contribution in [-0.4, -0.2) is 42.4 Å². The van der Waals surface area contributed by atoms with Crippen molar-refractivity contribution < 1.29 is 19.1 Å². The fourth-order valence-electron chi connectivity index (χ4n) is 1.56. The van der Waals surface area contributed by atoms with Gasteiger partial charge < -0.3 is 10.1 Å². The van der Waals surface area contributed by atoms with Crippen molar-refractivity contribution in [2.75, 3.05) is 24.7 Å². The van der Waals surface area contributed by atoms with Crippen LogP contribution in [0.3, 0.4) is 0 Å². The second-order valence-electron chi connectivity index (χ2n) is 4.01. The van der Waals surface area contributed by atoms with Gasteiger partial charge in [-0.05, 0) is 24.3 Å². The fraction of sp³-hybridized carbons (Fsp3) is 0.231. The normalized spacial score (nSPS) is 13.3. The first-order chi connectivity index (χ1) is 10.1. The lowest BCUT2D eigenvalue weighted by Gasteiger charge is -2.06. The first-order valence-electron chi connectivity index (χ1n) is 6.08. The van der Waals surface area contributed by atoms with E-state index in [-0.39, 0.29) is 0 Å². The van der Waals surface area contributed by atoms with Crippen LogP contribution in [0.4, 0.5) is 5.69 Å². The lowest BCUT2D eigenvalue weighted by Crippen LogP contribution is -2.37. The number of nitrogens with zero attached hydrogens (tertiary/aromatic N) is 1. The Labute approximate surface area is 125 Å². The number of amides is 2. The number of esters is 1. The highest BCUT2D eigenvalue weighted by molar-refractivity contribution is 8.14. The van der Waals surface area contributed by atoms with E-state index in [0.717, 1.165) is 5.75 Å². The average molecular weight is 307 g/mol. The van der Waals surface area contributed by atoms with E-state index < -0.39 is 17.8 Å². The highest BCUT2D eigenvalue weighted by atomic mass is 32.2. The van der Waals surface area contributed by atoms with Crippen LogP contribution in [0.2, 0.25) is 0 Å². The van der Waals surface area contributed by atoms with Crippen LogP contribution in [0.25, 0.3) is 0 Å². The zero-order valence-corrected chi connectivity index (χ0v) is 12.0. The number of hydrogen-bond donors (Lipinski definition) is 2. The molecule has 0 aromatic heterocycles. The maximum absolute atomic E-state index is 11.7. The molecule has 0 spiro atoms. The Bertz CT molecular complexity index is 598. The van der Waals surface area contributed by atoms with E-state index in [2.05, 4.69) is 20.4 Å². The predicted octanol–water partition coefficient (Wildman–Crippen LogP) is 0.631. The molecule has 0 atom stereocenters. The fourth-order valence-corrected chi connectivity index (χ4v) is 2.28. The molecule has 110 valence electrons. The minimum atomic E-state index is -0.795. The lowest BCUT2D eigenvalue weighted by molar-refractivity contribution is -0.135. The minimum Gasteiger partial charge on any atom is -0.465 e. The van der Waals surface area contributed by atoms with Crippen molar-refractivity contribution in [3.8, 4) is 0 Å². The smallest absolute Gasteiger partial charge is 0.337 e. The minimum absolute atomic E-state index is 0.358. The number of aliphatic imine (C=N–C) groups is 1. The van der Waals surface area contributed by atoms with E-state index in [4.69, 9.17) is 0 Å². The van der Waals surface area contributed by atoms with Gasteiger partial charge in [0.2, 0.25) is 0 Å². The second kappa shape index (κ2) is 6.89. The Kier molecular flexibility index (Phi) is 4.94. The molecule has 7 nitrogen and oxygen atoms in total. The molecule has 1 aliphatic rings. The maximum atomic E-state index is 11.7. The molecule has 0 bridgehead atoms. The number of thioether (sulfide) groups is 1. The molecule has 1 heterocycles. The summed E-state index contributed by atoms with van der Waals surface area (Å²) in [6, 6.07) is 6.02. The van der Waals surface area contributed by atoms with Gasteiger partial charge in [-0.25, -0.2) is 4.79 Å². The summed E-state index contributed by atoms with van der Waals surface area (Å²) in [6.45, 7) is 0.636. The van der Waals surface area contributed by atoms with Crippen molar-refractivity contribution >= 4 is 40.4 Å². The van der Waals surface area contributed by atoms with Crippen LogP contribution >= 0.6 is 11.8 Å². The van der Waals surface area contributed by atoms with Crippen molar-refractivity contribution in [1.29, 1.82) is 0 Å². The molecule has 0 fully saturated rings. The third-order valence-electron chi connectivity index (χ3n) is 2.58. The first-order valence-corrected chi connectivity index (χ1v) is 7.06. The zero-order chi connectivity index (χ0) is 15.2. The Morgan fingerprint density at radius 3 is 2.38 bits per heavy atom. The molecule has 21 heavy (non-hydrogen) atoms. The number of benzene rings is 1. The van der Waals surface area contributed by atoms with Crippen LogP contribution < -0.4 is 10.6 Å². The van der Waals surface area contributed by atoms with Gasteiger partial charge in [0.15, 0.2) is 5.17 Å². The number of carbonyl (C=O) groups excluding carboxylic acids is 3. The molecule has 0 saturated heterocycles. The number of amidine groups is 1. The molecule has 1 aliphatic heterocycles. The summed E-state index contributed by atoms with van der Waals surface area (Å²) >= 11 is 1.39. The quantitative estimate of drug-likeness (QED) is 0.617. The van der Waals surface area contributed by atoms with Crippen molar-refractivity contribution in [2.24, 2.45) is 4.99 Å². The average Bonchev–Trinajstić information content (AvgIpc) is 3.00. The molecule has 0 saturated carbocycles. The van der Waals surface area contributed by atoms with Crippen molar-refractivity contribution in [1.82, 2.24) is 5.32 Å². The van der Waals surface area contributed by atoms with Crippen molar-refractivity contribution in [3.05, 3.63) is 29.8 Å². The van der Waals surface area contributed by atoms with Crippen LogP contribution in [0.1, 0.15) is 10.4 Å². The maximum Gasteiger partial charge on any atom is 0.337 e. The molecule has 1 aromatic carbocycles. The number of carbonyl (C=O) groups is 3. The Morgan fingerprint density at radius 2 is 1.81 bits per heavy atom. The molecule has 0 unspecified atom stereocenters. The van der Waals surface area contributed by atoms with E-state index in [9.17, 15) is 14.4 Å². The molecule has 0 radical (unpaired) electrons. The summed E-state index contributed by atoms with van der Waals surface area (Å²) in [7, 11) is 1.28. The van der Waals surface area contributed by atoms with Crippen LogP contribution in [0.5, 0.6) is 0 Å². The third-order valence-corrected chi connectivity index (χ3v) is 3.47. The summed E-state index contributed by atoms with van der Waals surface area (Å²) in [4.78, 5) is 38.6. The summed E-state index contributed by atoms with van der Waals surface area (Å²) in [5.41, 5.74) is 0.764. The lowest BCUT2D eigenvalue weighted by atomic mass is 10.2. The number of nitrogens with one attached hydrogen (secondary N) is 2. The van der Waals surface area contributed by atoms with Crippen LogP contribution in [0, 0.1) is 0 Å². The molecule has 2 amide bonds. The summed E-state index contributed by atoms with van der Waals surface area (Å²) in [6.07, 6.45) is 0. The second-order valence-corrected chi connectivity index (χ2v) is 5.10. The van der Waals surface area contributed by atoms with E-state index in [1.54, 1.807) is 0 Å². The number of methoxy groups -OCH3 is 1. The Hall–Kier alpha value is -2.35. The molecular weight excluding hydrogens is 294 g/mol. The molecule has 2 N–H and O–H groups in total. The monoisotopic (exact) mass is 307 g/mol. The summed E-state index contributed by atoms with van der Waals surface area (Å²) in [5, 5.41) is 5.31.